The predicted molar refractivity (Wildman–Crippen MR) is 119 cm³/mol. The zero-order valence-electron chi connectivity index (χ0n) is 17.6. The highest BCUT2D eigenvalue weighted by Crippen LogP contribution is 2.32. The van der Waals surface area contributed by atoms with Gasteiger partial charge in [-0.3, -0.25) is 4.79 Å². The fourth-order valence-electron chi connectivity index (χ4n) is 3.76. The standard InChI is InChI=1S/C23H27N5OS/c1-23(2,3)16-8-10-17(11-9-16)28-20-7-4-6-19(18(20)14-26-28)27-21(29)15-30-22-24-12-5-13-25-22/h5,8-14,19H,4,6-7,15H2,1-3H3,(H,27,29)/t19-/m1/s1. The molecule has 0 saturated carbocycles. The van der Waals surface area contributed by atoms with Crippen molar-refractivity contribution in [2.24, 2.45) is 0 Å². The molecule has 156 valence electrons. The van der Waals surface area contributed by atoms with E-state index < -0.39 is 0 Å². The molecule has 6 nitrogen and oxygen atoms in total. The number of nitrogens with one attached hydrogen (secondary N) is 1. The highest BCUT2D eigenvalue weighted by atomic mass is 32.2. The molecular formula is C23H27N5OS. The molecule has 0 unspecified atom stereocenters. The number of nitrogens with zero attached hydrogens (tertiary/aromatic N) is 4. The number of carbonyl (C=O) groups is 1. The number of thioether (sulfide) groups is 1. The maximum Gasteiger partial charge on any atom is 0.230 e. The minimum absolute atomic E-state index is 0.00106. The number of fused-ring (bicyclic) bond motifs is 1. The quantitative estimate of drug-likeness (QED) is 0.493. The van der Waals surface area contributed by atoms with Gasteiger partial charge in [-0.05, 0) is 48.4 Å². The highest BCUT2D eigenvalue weighted by Gasteiger charge is 2.26. The summed E-state index contributed by atoms with van der Waals surface area (Å²) in [6, 6.07) is 10.4. The predicted octanol–water partition coefficient (Wildman–Crippen LogP) is 4.25. The van der Waals surface area contributed by atoms with Crippen molar-refractivity contribution in [2.75, 3.05) is 5.75 Å². The molecule has 0 aliphatic heterocycles. The molecule has 7 heteroatoms. The van der Waals surface area contributed by atoms with Gasteiger partial charge in [0.2, 0.25) is 5.91 Å². The second-order valence-corrected chi connectivity index (χ2v) is 9.53. The third kappa shape index (κ3) is 4.56. The van der Waals surface area contributed by atoms with Crippen molar-refractivity contribution in [1.29, 1.82) is 0 Å². The maximum absolute atomic E-state index is 12.5. The molecule has 1 N–H and O–H groups in total. The number of rotatable bonds is 5. The summed E-state index contributed by atoms with van der Waals surface area (Å²) in [5.74, 6) is 0.297. The summed E-state index contributed by atoms with van der Waals surface area (Å²) in [5.41, 5.74) is 4.80. The normalized spacial score (nSPS) is 16.2. The van der Waals surface area contributed by atoms with Crippen molar-refractivity contribution in [2.45, 2.75) is 56.6 Å². The van der Waals surface area contributed by atoms with Gasteiger partial charge in [0, 0.05) is 23.7 Å². The van der Waals surface area contributed by atoms with E-state index in [0.29, 0.717) is 10.9 Å². The molecule has 2 aromatic heterocycles. The van der Waals surface area contributed by atoms with Gasteiger partial charge in [0.15, 0.2) is 5.16 Å². The molecular weight excluding hydrogens is 394 g/mol. The van der Waals surface area contributed by atoms with Crippen LogP contribution in [0.15, 0.2) is 54.1 Å². The van der Waals surface area contributed by atoms with E-state index >= 15 is 0 Å². The van der Waals surface area contributed by atoms with Gasteiger partial charge in [-0.2, -0.15) is 5.10 Å². The summed E-state index contributed by atoms with van der Waals surface area (Å²) in [4.78, 5) is 20.8. The number of carbonyl (C=O) groups excluding carboxylic acids is 1. The summed E-state index contributed by atoms with van der Waals surface area (Å²) >= 11 is 1.35. The number of hydrogen-bond acceptors (Lipinski definition) is 5. The van der Waals surface area contributed by atoms with Gasteiger partial charge >= 0.3 is 0 Å². The molecule has 2 heterocycles. The van der Waals surface area contributed by atoms with Crippen LogP contribution in [0, 0.1) is 0 Å². The zero-order valence-corrected chi connectivity index (χ0v) is 18.4. The Bertz CT molecular complexity index is 1010. The van der Waals surface area contributed by atoms with Crippen molar-refractivity contribution >= 4 is 17.7 Å². The van der Waals surface area contributed by atoms with E-state index in [1.807, 2.05) is 10.9 Å². The Hall–Kier alpha value is -2.67. The summed E-state index contributed by atoms with van der Waals surface area (Å²) in [6.07, 6.45) is 8.20. The number of amides is 1. The van der Waals surface area contributed by atoms with Gasteiger partial charge in [-0.15, -0.1) is 0 Å². The fraction of sp³-hybridized carbons (Fsp3) is 0.391. The van der Waals surface area contributed by atoms with Crippen LogP contribution in [0.1, 0.15) is 56.5 Å². The van der Waals surface area contributed by atoms with E-state index in [0.717, 1.165) is 30.5 Å². The molecule has 3 aromatic rings. The van der Waals surface area contributed by atoms with Crippen molar-refractivity contribution in [3.05, 3.63) is 65.7 Å². The summed E-state index contributed by atoms with van der Waals surface area (Å²) < 4.78 is 2.02. The topological polar surface area (TPSA) is 72.7 Å². The van der Waals surface area contributed by atoms with Crippen LogP contribution >= 0.6 is 11.8 Å². The smallest absolute Gasteiger partial charge is 0.230 e. The zero-order chi connectivity index (χ0) is 21.1. The van der Waals surface area contributed by atoms with Gasteiger partial charge < -0.3 is 5.32 Å². The van der Waals surface area contributed by atoms with Crippen LogP contribution in [0.25, 0.3) is 5.69 Å². The largest absolute Gasteiger partial charge is 0.348 e. The molecule has 0 radical (unpaired) electrons. The van der Waals surface area contributed by atoms with Crippen LogP contribution in [-0.4, -0.2) is 31.4 Å². The van der Waals surface area contributed by atoms with Gasteiger partial charge in [0.05, 0.1) is 23.7 Å². The van der Waals surface area contributed by atoms with E-state index in [9.17, 15) is 4.79 Å². The summed E-state index contributed by atoms with van der Waals surface area (Å²) in [6.45, 7) is 6.65. The molecule has 30 heavy (non-hydrogen) atoms. The molecule has 0 fully saturated rings. The van der Waals surface area contributed by atoms with Crippen LogP contribution in [0.4, 0.5) is 0 Å². The molecule has 1 aliphatic carbocycles. The Morgan fingerprint density at radius 1 is 1.20 bits per heavy atom. The Morgan fingerprint density at radius 3 is 2.63 bits per heavy atom. The summed E-state index contributed by atoms with van der Waals surface area (Å²) in [5, 5.41) is 8.44. The molecule has 0 bridgehead atoms. The molecule has 4 rings (SSSR count). The third-order valence-electron chi connectivity index (χ3n) is 5.37. The molecule has 1 atom stereocenters. The Labute approximate surface area is 181 Å². The number of benzene rings is 1. The SMILES string of the molecule is CC(C)(C)c1ccc(-n2ncc3c2CCC[C@H]3NC(=O)CSc2ncccn2)cc1. The molecule has 0 spiro atoms. The fourth-order valence-corrected chi connectivity index (χ4v) is 4.37. The average Bonchev–Trinajstić information content (AvgIpc) is 3.18. The highest BCUT2D eigenvalue weighted by molar-refractivity contribution is 7.99. The summed E-state index contributed by atoms with van der Waals surface area (Å²) in [7, 11) is 0. The first kappa shape index (κ1) is 20.6. The number of hydrogen-bond donors (Lipinski definition) is 1. The molecule has 0 saturated heterocycles. The van der Waals surface area contributed by atoms with Gasteiger partial charge in [0.25, 0.3) is 0 Å². The van der Waals surface area contributed by atoms with Gasteiger partial charge in [-0.1, -0.05) is 44.7 Å². The van der Waals surface area contributed by atoms with E-state index in [2.05, 4.69) is 65.4 Å². The first-order chi connectivity index (χ1) is 14.4. The van der Waals surface area contributed by atoms with Crippen LogP contribution in [0.5, 0.6) is 0 Å². The molecule has 1 amide bonds. The van der Waals surface area contributed by atoms with E-state index in [-0.39, 0.29) is 17.4 Å². The van der Waals surface area contributed by atoms with Crippen LogP contribution in [0.2, 0.25) is 0 Å². The lowest BCUT2D eigenvalue weighted by Crippen LogP contribution is -2.32. The lowest BCUT2D eigenvalue weighted by Gasteiger charge is -2.24. The maximum atomic E-state index is 12.5. The third-order valence-corrected chi connectivity index (χ3v) is 6.25. The van der Waals surface area contributed by atoms with E-state index in [1.54, 1.807) is 18.5 Å². The second kappa shape index (κ2) is 8.60. The Morgan fingerprint density at radius 2 is 1.93 bits per heavy atom. The van der Waals surface area contributed by atoms with E-state index in [1.165, 1.54) is 23.0 Å². The first-order valence-electron chi connectivity index (χ1n) is 10.3. The Balaban J connectivity index is 1.46. The lowest BCUT2D eigenvalue weighted by atomic mass is 9.87. The second-order valence-electron chi connectivity index (χ2n) is 8.59. The minimum atomic E-state index is -0.00687. The van der Waals surface area contributed by atoms with Crippen LogP contribution in [-0.2, 0) is 16.6 Å². The van der Waals surface area contributed by atoms with Crippen molar-refractivity contribution < 1.29 is 4.79 Å². The van der Waals surface area contributed by atoms with Crippen molar-refractivity contribution in [3.8, 4) is 5.69 Å². The Kier molecular flexibility index (Phi) is 5.90. The van der Waals surface area contributed by atoms with Gasteiger partial charge in [0.1, 0.15) is 0 Å². The van der Waals surface area contributed by atoms with Crippen molar-refractivity contribution in [1.82, 2.24) is 25.1 Å². The monoisotopic (exact) mass is 421 g/mol. The van der Waals surface area contributed by atoms with Gasteiger partial charge in [-0.25, -0.2) is 14.6 Å². The lowest BCUT2D eigenvalue weighted by molar-refractivity contribution is -0.119. The average molecular weight is 422 g/mol. The first-order valence-corrected chi connectivity index (χ1v) is 11.3. The van der Waals surface area contributed by atoms with Crippen molar-refractivity contribution in [3.63, 3.8) is 0 Å². The number of aromatic nitrogens is 4. The molecule has 1 aromatic carbocycles. The van der Waals surface area contributed by atoms with Crippen LogP contribution in [0.3, 0.4) is 0 Å². The molecule has 1 aliphatic rings. The van der Waals surface area contributed by atoms with E-state index in [4.69, 9.17) is 0 Å². The minimum Gasteiger partial charge on any atom is -0.348 e. The van der Waals surface area contributed by atoms with Crippen LogP contribution < -0.4 is 5.32 Å².